The monoisotopic (exact) mass is 538 g/mol. The van der Waals surface area contributed by atoms with Crippen LogP contribution in [0.3, 0.4) is 0 Å². The molecule has 4 aromatic rings. The normalized spacial score (nSPS) is 14.4. The average molecular weight is 539 g/mol. The van der Waals surface area contributed by atoms with Gasteiger partial charge in [-0.05, 0) is 48.2 Å². The van der Waals surface area contributed by atoms with Gasteiger partial charge in [-0.1, -0.05) is 66.7 Å². The minimum absolute atomic E-state index is 0.0649. The summed E-state index contributed by atoms with van der Waals surface area (Å²) in [6.07, 6.45) is 1.67. The number of amides is 1. The molecule has 3 aromatic carbocycles. The Kier molecular flexibility index (Phi) is 8.23. The van der Waals surface area contributed by atoms with Crippen molar-refractivity contribution in [2.24, 2.45) is 5.73 Å². The van der Waals surface area contributed by atoms with Gasteiger partial charge in [0.15, 0.2) is 0 Å². The van der Waals surface area contributed by atoms with Crippen molar-refractivity contribution in [2.75, 3.05) is 38.5 Å². The van der Waals surface area contributed by atoms with Crippen LogP contribution in [0.25, 0.3) is 5.69 Å². The number of nitrogens with zero attached hydrogens (tertiary/aromatic N) is 3. The number of H-pyrrole nitrogens is 1. The number of hydrogen-bond donors (Lipinski definition) is 3. The minimum Gasteiger partial charge on any atom is -0.385 e. The molecule has 0 unspecified atom stereocenters. The number of piperazine rings is 1. The van der Waals surface area contributed by atoms with Crippen LogP contribution in [0, 0.1) is 0 Å². The Morgan fingerprint density at radius 2 is 1.48 bits per heavy atom. The second-order valence-electron chi connectivity index (χ2n) is 10.1. The molecule has 1 aliphatic rings. The molecular formula is C31H34N6O3. The molecule has 9 nitrogen and oxygen atoms in total. The van der Waals surface area contributed by atoms with Crippen molar-refractivity contribution in [3.8, 4) is 5.69 Å². The van der Waals surface area contributed by atoms with Crippen LogP contribution in [0.2, 0.25) is 0 Å². The number of hydrogen-bond acceptors (Lipinski definition) is 6. The first-order chi connectivity index (χ1) is 19.4. The third-order valence-electron chi connectivity index (χ3n) is 7.48. The van der Waals surface area contributed by atoms with E-state index in [1.165, 1.54) is 11.1 Å². The lowest BCUT2D eigenvalue weighted by atomic mass is 9.96. The summed E-state index contributed by atoms with van der Waals surface area (Å²) < 4.78 is 1.09. The van der Waals surface area contributed by atoms with Crippen LogP contribution in [0.5, 0.6) is 0 Å². The highest BCUT2D eigenvalue weighted by Gasteiger charge is 2.26. The number of nitrogen functional groups attached to an aromatic ring is 1. The summed E-state index contributed by atoms with van der Waals surface area (Å²) in [4.78, 5) is 43.3. The molecule has 1 fully saturated rings. The molecule has 1 saturated heterocycles. The van der Waals surface area contributed by atoms with Crippen LogP contribution in [-0.4, -0.2) is 58.0 Å². The first-order valence-corrected chi connectivity index (χ1v) is 13.5. The number of aromatic amines is 1. The fourth-order valence-electron chi connectivity index (χ4n) is 5.53. The molecule has 40 heavy (non-hydrogen) atoms. The van der Waals surface area contributed by atoms with E-state index in [-0.39, 0.29) is 23.1 Å². The molecule has 0 atom stereocenters. The van der Waals surface area contributed by atoms with Gasteiger partial charge in [-0.25, -0.2) is 9.36 Å². The van der Waals surface area contributed by atoms with Gasteiger partial charge in [0.25, 0.3) is 11.5 Å². The lowest BCUT2D eigenvalue weighted by Crippen LogP contribution is -2.48. The van der Waals surface area contributed by atoms with E-state index in [2.05, 4.69) is 75.4 Å². The van der Waals surface area contributed by atoms with Crippen LogP contribution in [0.1, 0.15) is 39.5 Å². The van der Waals surface area contributed by atoms with Gasteiger partial charge in [0, 0.05) is 32.2 Å². The Labute approximate surface area is 232 Å². The van der Waals surface area contributed by atoms with Gasteiger partial charge in [0.1, 0.15) is 5.82 Å². The first-order valence-electron chi connectivity index (χ1n) is 13.5. The van der Waals surface area contributed by atoms with Crippen LogP contribution in [-0.2, 0) is 6.42 Å². The number of nitrogens with two attached hydrogens (primary N) is 2. The fraction of sp³-hybridized carbons (Fsp3) is 0.258. The largest absolute Gasteiger partial charge is 0.385 e. The number of nitrogens with one attached hydrogen (secondary N) is 1. The third-order valence-corrected chi connectivity index (χ3v) is 7.48. The summed E-state index contributed by atoms with van der Waals surface area (Å²) in [5, 5.41) is 0. The lowest BCUT2D eigenvalue weighted by molar-refractivity contribution is 0.1000. The van der Waals surface area contributed by atoms with Crippen LogP contribution < -0.4 is 22.7 Å². The van der Waals surface area contributed by atoms with E-state index in [4.69, 9.17) is 11.5 Å². The second-order valence-corrected chi connectivity index (χ2v) is 10.1. The van der Waals surface area contributed by atoms with E-state index in [0.29, 0.717) is 0 Å². The molecule has 0 radical (unpaired) electrons. The summed E-state index contributed by atoms with van der Waals surface area (Å²) in [6.45, 7) is 4.86. The molecule has 5 N–H and O–H groups in total. The van der Waals surface area contributed by atoms with Gasteiger partial charge in [-0.2, -0.15) is 0 Å². The molecule has 1 aromatic heterocycles. The summed E-state index contributed by atoms with van der Waals surface area (Å²) >= 11 is 0. The number of carbonyl (C=O) groups is 1. The van der Waals surface area contributed by atoms with Gasteiger partial charge >= 0.3 is 5.69 Å². The van der Waals surface area contributed by atoms with Gasteiger partial charge in [0.05, 0.1) is 17.3 Å². The van der Waals surface area contributed by atoms with Gasteiger partial charge in [-0.3, -0.25) is 19.5 Å². The first kappa shape index (κ1) is 27.1. The van der Waals surface area contributed by atoms with Crippen molar-refractivity contribution in [3.63, 3.8) is 0 Å². The van der Waals surface area contributed by atoms with E-state index >= 15 is 0 Å². The predicted octanol–water partition coefficient (Wildman–Crippen LogP) is 2.55. The highest BCUT2D eigenvalue weighted by Crippen LogP contribution is 2.29. The van der Waals surface area contributed by atoms with Gasteiger partial charge in [-0.15, -0.1) is 0 Å². The highest BCUT2D eigenvalue weighted by molar-refractivity contribution is 5.97. The summed E-state index contributed by atoms with van der Waals surface area (Å²) in [6, 6.07) is 27.9. The zero-order valence-electron chi connectivity index (χ0n) is 22.3. The maximum Gasteiger partial charge on any atom is 0.334 e. The van der Waals surface area contributed by atoms with E-state index in [0.717, 1.165) is 61.8 Å². The molecule has 2 heterocycles. The molecular weight excluding hydrogens is 504 g/mol. The number of anilines is 1. The molecule has 0 saturated carbocycles. The van der Waals surface area contributed by atoms with Crippen LogP contribution in [0.4, 0.5) is 5.82 Å². The van der Waals surface area contributed by atoms with E-state index in [9.17, 15) is 14.4 Å². The van der Waals surface area contributed by atoms with Crippen molar-refractivity contribution in [3.05, 3.63) is 128 Å². The van der Waals surface area contributed by atoms with Crippen molar-refractivity contribution >= 4 is 11.7 Å². The molecule has 206 valence electrons. The van der Waals surface area contributed by atoms with Crippen molar-refractivity contribution < 1.29 is 4.79 Å². The molecule has 5 rings (SSSR count). The topological polar surface area (TPSA) is 130 Å². The highest BCUT2D eigenvalue weighted by atomic mass is 16.2. The van der Waals surface area contributed by atoms with Crippen molar-refractivity contribution in [1.82, 2.24) is 19.4 Å². The van der Waals surface area contributed by atoms with Crippen molar-refractivity contribution in [1.29, 1.82) is 0 Å². The Hall–Kier alpha value is -4.47. The zero-order chi connectivity index (χ0) is 28.1. The Morgan fingerprint density at radius 1 is 0.850 bits per heavy atom. The smallest absolute Gasteiger partial charge is 0.334 e. The number of benzene rings is 3. The maximum absolute atomic E-state index is 12.4. The van der Waals surface area contributed by atoms with Crippen molar-refractivity contribution in [2.45, 2.75) is 18.9 Å². The summed E-state index contributed by atoms with van der Waals surface area (Å²) in [5.41, 5.74) is 14.2. The van der Waals surface area contributed by atoms with E-state index < -0.39 is 17.2 Å². The Bertz CT molecular complexity index is 1530. The lowest BCUT2D eigenvalue weighted by Gasteiger charge is -2.40. The number of aromatic nitrogens is 2. The van der Waals surface area contributed by atoms with E-state index in [1.54, 1.807) is 12.1 Å². The molecule has 0 spiro atoms. The number of aryl methyl sites for hydroxylation is 1. The quantitative estimate of drug-likeness (QED) is 0.300. The number of rotatable bonds is 9. The molecule has 9 heteroatoms. The zero-order valence-corrected chi connectivity index (χ0v) is 22.3. The molecule has 1 aliphatic heterocycles. The predicted molar refractivity (Wildman–Crippen MR) is 157 cm³/mol. The summed E-state index contributed by atoms with van der Waals surface area (Å²) in [5.74, 6) is -0.734. The maximum atomic E-state index is 12.4. The molecule has 0 aliphatic carbocycles. The van der Waals surface area contributed by atoms with Crippen LogP contribution >= 0.6 is 0 Å². The average Bonchev–Trinajstić information content (AvgIpc) is 2.95. The number of carbonyl (C=O) groups excluding carboxylic acids is 1. The molecule has 0 bridgehead atoms. The Balaban J connectivity index is 1.21. The summed E-state index contributed by atoms with van der Waals surface area (Å²) in [7, 11) is 0. The standard InChI is InChI=1S/C31H34N6O3/c32-27-21-28(38)34-31(40)37(27)26-14-13-22(20-25(26)30(33)39)8-7-15-35-16-18-36(19-17-35)29(23-9-3-1-4-10-23)24-11-5-2-6-12-24/h1-6,9-14,20-21,29H,7-8,15-19,32H2,(H2,33,39)(H,34,38,40). The minimum atomic E-state index is -0.721. The number of primary amides is 1. The SMILES string of the molecule is NC(=O)c1cc(CCCN2CCN(C(c3ccccc3)c3ccccc3)CC2)ccc1-n1c(N)cc(=O)[nH]c1=O. The van der Waals surface area contributed by atoms with Gasteiger partial charge in [0.2, 0.25) is 0 Å². The van der Waals surface area contributed by atoms with Gasteiger partial charge < -0.3 is 16.4 Å². The van der Waals surface area contributed by atoms with Crippen LogP contribution in [0.15, 0.2) is 94.5 Å². The second kappa shape index (κ2) is 12.1. The fourth-order valence-corrected chi connectivity index (χ4v) is 5.53. The Morgan fingerprint density at radius 3 is 2.05 bits per heavy atom. The van der Waals surface area contributed by atoms with E-state index in [1.807, 2.05) is 6.07 Å². The third kappa shape index (κ3) is 6.06. The molecule has 1 amide bonds.